The van der Waals surface area contributed by atoms with Crippen LogP contribution in [0, 0.1) is 0 Å². The summed E-state index contributed by atoms with van der Waals surface area (Å²) in [5.41, 5.74) is 5.41. The first kappa shape index (κ1) is 12.9. The van der Waals surface area contributed by atoms with E-state index >= 15 is 0 Å². The molecule has 1 aliphatic rings. The fourth-order valence-corrected chi connectivity index (χ4v) is 1.92. The van der Waals surface area contributed by atoms with E-state index in [2.05, 4.69) is 0 Å². The number of carbonyl (C=O) groups is 1. The molecule has 1 amide bonds. The highest BCUT2D eigenvalue weighted by molar-refractivity contribution is 5.92. The Labute approximate surface area is 103 Å². The van der Waals surface area contributed by atoms with Crippen LogP contribution in [0.5, 0.6) is 0 Å². The first-order valence-electron chi connectivity index (χ1n) is 5.47. The van der Waals surface area contributed by atoms with Gasteiger partial charge in [-0.2, -0.15) is 4.57 Å². The van der Waals surface area contributed by atoms with Crippen LogP contribution in [0.2, 0.25) is 0 Å². The molecule has 0 unspecified atom stereocenters. The molecular formula is C11H15N2O5+. The van der Waals surface area contributed by atoms with Crippen molar-refractivity contribution in [2.45, 2.75) is 24.5 Å². The second-order valence-corrected chi connectivity index (χ2v) is 4.13. The third-order valence-corrected chi connectivity index (χ3v) is 2.92. The minimum Gasteiger partial charge on any atom is -0.394 e. The number of aliphatic hydroxyl groups is 3. The maximum Gasteiger partial charge on any atom is 0.292 e. The molecule has 98 valence electrons. The zero-order valence-corrected chi connectivity index (χ0v) is 9.51. The molecule has 1 aliphatic heterocycles. The number of aliphatic hydroxyl groups excluding tert-OH is 3. The number of ether oxygens (including phenoxy) is 1. The van der Waals surface area contributed by atoms with Crippen LogP contribution in [0.1, 0.15) is 16.6 Å². The molecule has 4 atom stereocenters. The summed E-state index contributed by atoms with van der Waals surface area (Å²) in [4.78, 5) is 11.1. The predicted molar refractivity (Wildman–Crippen MR) is 58.2 cm³/mol. The highest BCUT2D eigenvalue weighted by Crippen LogP contribution is 2.24. The molecule has 1 saturated heterocycles. The summed E-state index contributed by atoms with van der Waals surface area (Å²) in [6, 6.07) is 3.11. The number of primary amides is 1. The van der Waals surface area contributed by atoms with Gasteiger partial charge in [0.1, 0.15) is 17.8 Å². The normalized spacial score (nSPS) is 31.5. The molecule has 7 heteroatoms. The molecule has 18 heavy (non-hydrogen) atoms. The molecule has 5 N–H and O–H groups in total. The number of aromatic nitrogens is 1. The Kier molecular flexibility index (Phi) is 3.58. The second-order valence-electron chi connectivity index (χ2n) is 4.13. The molecule has 0 spiro atoms. The van der Waals surface area contributed by atoms with E-state index in [0.717, 1.165) is 0 Å². The van der Waals surface area contributed by atoms with E-state index in [9.17, 15) is 15.0 Å². The van der Waals surface area contributed by atoms with E-state index in [4.69, 9.17) is 15.6 Å². The van der Waals surface area contributed by atoms with Crippen LogP contribution in [-0.4, -0.2) is 46.1 Å². The number of nitrogens with zero attached hydrogens (tertiary/aromatic N) is 1. The number of nitrogens with two attached hydrogens (primary N) is 1. The van der Waals surface area contributed by atoms with Crippen LogP contribution in [0.25, 0.3) is 0 Å². The first-order chi connectivity index (χ1) is 8.54. The Balaban J connectivity index is 2.27. The molecule has 1 aromatic rings. The first-order valence-corrected chi connectivity index (χ1v) is 5.47. The highest BCUT2D eigenvalue weighted by atomic mass is 16.6. The lowest BCUT2D eigenvalue weighted by atomic mass is 10.1. The minimum atomic E-state index is -1.18. The van der Waals surface area contributed by atoms with Gasteiger partial charge in [-0.25, -0.2) is 0 Å². The molecule has 7 nitrogen and oxygen atoms in total. The van der Waals surface area contributed by atoms with E-state index in [-0.39, 0.29) is 5.56 Å². The van der Waals surface area contributed by atoms with Crippen LogP contribution in [0.3, 0.4) is 0 Å². The van der Waals surface area contributed by atoms with Gasteiger partial charge >= 0.3 is 0 Å². The summed E-state index contributed by atoms with van der Waals surface area (Å²) in [7, 11) is 0. The van der Waals surface area contributed by atoms with Gasteiger partial charge in [-0.1, -0.05) is 0 Å². The van der Waals surface area contributed by atoms with Crippen molar-refractivity contribution >= 4 is 5.91 Å². The van der Waals surface area contributed by atoms with Crippen LogP contribution in [0.4, 0.5) is 0 Å². The average Bonchev–Trinajstić information content (AvgIpc) is 2.66. The van der Waals surface area contributed by atoms with Crippen molar-refractivity contribution < 1.29 is 29.4 Å². The van der Waals surface area contributed by atoms with Crippen molar-refractivity contribution in [1.82, 2.24) is 0 Å². The monoisotopic (exact) mass is 255 g/mol. The molecule has 0 bridgehead atoms. The van der Waals surface area contributed by atoms with Gasteiger partial charge in [-0.05, 0) is 6.07 Å². The van der Waals surface area contributed by atoms with Crippen LogP contribution in [-0.2, 0) is 4.74 Å². The smallest absolute Gasteiger partial charge is 0.292 e. The van der Waals surface area contributed by atoms with Crippen molar-refractivity contribution in [3.05, 3.63) is 30.1 Å². The van der Waals surface area contributed by atoms with E-state index in [1.807, 2.05) is 0 Å². The Morgan fingerprint density at radius 1 is 1.44 bits per heavy atom. The molecule has 0 saturated carbocycles. The maximum absolute atomic E-state index is 11.1. The standard InChI is InChI=1S/C11H14N2O5/c12-10(17)6-2-1-3-13(4-6)11-9(16)8(15)7(5-14)18-11/h1-4,7-9,11,14-16H,5H2,(H-,12,17)/p+1/t7-,8-,9-,11+/m1/s1. The van der Waals surface area contributed by atoms with Crippen molar-refractivity contribution in [2.75, 3.05) is 6.61 Å². The van der Waals surface area contributed by atoms with Gasteiger partial charge in [0.15, 0.2) is 18.5 Å². The fourth-order valence-electron chi connectivity index (χ4n) is 1.92. The molecule has 0 radical (unpaired) electrons. The summed E-state index contributed by atoms with van der Waals surface area (Å²) in [6.07, 6.45) is -1.08. The van der Waals surface area contributed by atoms with Gasteiger partial charge in [0.2, 0.25) is 0 Å². The topological polar surface area (TPSA) is 117 Å². The summed E-state index contributed by atoms with van der Waals surface area (Å²) < 4.78 is 6.75. The highest BCUT2D eigenvalue weighted by Gasteiger charge is 2.47. The van der Waals surface area contributed by atoms with Gasteiger partial charge in [0.25, 0.3) is 12.1 Å². The van der Waals surface area contributed by atoms with Gasteiger partial charge in [-0.3, -0.25) is 4.79 Å². The Hall–Kier alpha value is -1.54. The lowest BCUT2D eigenvalue weighted by Gasteiger charge is -2.09. The van der Waals surface area contributed by atoms with E-state index in [1.54, 1.807) is 12.3 Å². The van der Waals surface area contributed by atoms with E-state index in [0.29, 0.717) is 0 Å². The summed E-state index contributed by atoms with van der Waals surface area (Å²) >= 11 is 0. The van der Waals surface area contributed by atoms with Crippen LogP contribution >= 0.6 is 0 Å². The van der Waals surface area contributed by atoms with Crippen molar-refractivity contribution in [3.63, 3.8) is 0 Å². The lowest BCUT2D eigenvalue weighted by Crippen LogP contribution is -2.46. The SMILES string of the molecule is NC(=O)c1ccc[n+]([C@H]2O[C@H](CO)[C@@H](O)[C@H]2O)c1. The largest absolute Gasteiger partial charge is 0.394 e. The zero-order chi connectivity index (χ0) is 13.3. The van der Waals surface area contributed by atoms with Crippen molar-refractivity contribution in [2.24, 2.45) is 5.73 Å². The Morgan fingerprint density at radius 3 is 2.72 bits per heavy atom. The number of pyridine rings is 1. The van der Waals surface area contributed by atoms with E-state index in [1.165, 1.54) is 16.8 Å². The molecular weight excluding hydrogens is 240 g/mol. The van der Waals surface area contributed by atoms with Gasteiger partial charge < -0.3 is 25.8 Å². The number of amides is 1. The molecule has 1 fully saturated rings. The summed E-state index contributed by atoms with van der Waals surface area (Å²) in [5, 5.41) is 28.4. The van der Waals surface area contributed by atoms with Crippen molar-refractivity contribution in [3.8, 4) is 0 Å². The third kappa shape index (κ3) is 2.21. The van der Waals surface area contributed by atoms with E-state index < -0.39 is 37.1 Å². The molecule has 0 aliphatic carbocycles. The number of hydrogen-bond acceptors (Lipinski definition) is 5. The van der Waals surface area contributed by atoms with Gasteiger partial charge in [0.05, 0.1) is 6.61 Å². The maximum atomic E-state index is 11.1. The number of carbonyl (C=O) groups excluding carboxylic acids is 1. The van der Waals surface area contributed by atoms with Crippen molar-refractivity contribution in [1.29, 1.82) is 0 Å². The number of rotatable bonds is 3. The average molecular weight is 255 g/mol. The van der Waals surface area contributed by atoms with Crippen LogP contribution in [0.15, 0.2) is 24.5 Å². The molecule has 2 heterocycles. The van der Waals surface area contributed by atoms with Gasteiger partial charge in [-0.15, -0.1) is 0 Å². The Morgan fingerprint density at radius 2 is 2.17 bits per heavy atom. The molecule has 0 aromatic carbocycles. The lowest BCUT2D eigenvalue weighted by molar-refractivity contribution is -0.765. The van der Waals surface area contributed by atoms with Crippen LogP contribution < -0.4 is 10.3 Å². The second kappa shape index (κ2) is 4.99. The van der Waals surface area contributed by atoms with Gasteiger partial charge in [0, 0.05) is 6.07 Å². The zero-order valence-electron chi connectivity index (χ0n) is 9.51. The summed E-state index contributed by atoms with van der Waals surface area (Å²) in [5.74, 6) is -0.601. The third-order valence-electron chi connectivity index (χ3n) is 2.92. The number of hydrogen-bond donors (Lipinski definition) is 4. The molecule has 1 aromatic heterocycles. The fraction of sp³-hybridized carbons (Fsp3) is 0.455. The quantitative estimate of drug-likeness (QED) is 0.453. The predicted octanol–water partition coefficient (Wildman–Crippen LogP) is -2.32. The Bertz CT molecular complexity index is 453. The molecule has 2 rings (SSSR count). The summed E-state index contributed by atoms with van der Waals surface area (Å²) in [6.45, 7) is -0.398. The minimum absolute atomic E-state index is 0.259.